The van der Waals surface area contributed by atoms with Crippen molar-refractivity contribution in [3.05, 3.63) is 51.2 Å². The number of ether oxygens (including phenoxy) is 2. The van der Waals surface area contributed by atoms with E-state index in [1.54, 1.807) is 18.4 Å². The van der Waals surface area contributed by atoms with Crippen LogP contribution in [0.4, 0.5) is 10.5 Å². The Balaban J connectivity index is 1.57. The molecule has 218 valence electrons. The number of amides is 2. The summed E-state index contributed by atoms with van der Waals surface area (Å²) in [5, 5.41) is 2.81. The van der Waals surface area contributed by atoms with Crippen molar-refractivity contribution < 1.29 is 19.1 Å². The molecule has 40 heavy (non-hydrogen) atoms. The van der Waals surface area contributed by atoms with Gasteiger partial charge < -0.3 is 25.4 Å². The highest BCUT2D eigenvalue weighted by Gasteiger charge is 2.22. The molecule has 0 spiro atoms. The molecule has 0 saturated heterocycles. The Morgan fingerprint density at radius 3 is 2.52 bits per heavy atom. The fourth-order valence-corrected chi connectivity index (χ4v) is 5.56. The minimum atomic E-state index is -0.489. The van der Waals surface area contributed by atoms with Gasteiger partial charge >= 0.3 is 6.09 Å². The number of nitrogens with zero attached hydrogens (tertiary/aromatic N) is 2. The summed E-state index contributed by atoms with van der Waals surface area (Å²) in [7, 11) is 1.66. The number of alkyl carbamates (subject to hydrolysis) is 1. The van der Waals surface area contributed by atoms with Crippen molar-refractivity contribution in [1.82, 2.24) is 10.2 Å². The first-order chi connectivity index (χ1) is 19.1. The maximum atomic E-state index is 13.6. The van der Waals surface area contributed by atoms with Gasteiger partial charge in [-0.3, -0.25) is 4.79 Å². The van der Waals surface area contributed by atoms with Gasteiger partial charge in [0, 0.05) is 36.5 Å². The predicted molar refractivity (Wildman–Crippen MR) is 164 cm³/mol. The second-order valence-electron chi connectivity index (χ2n) is 11.0. The number of aryl methyl sites for hydroxylation is 1. The van der Waals surface area contributed by atoms with E-state index >= 15 is 0 Å². The Kier molecular flexibility index (Phi) is 11.6. The Bertz CT molecular complexity index is 1190. The highest BCUT2D eigenvalue weighted by atomic mass is 32.1. The number of nitrogens with one attached hydrogen (secondary N) is 1. The minimum absolute atomic E-state index is 0.0220. The fraction of sp³-hybridized carbons (Fsp3) is 0.516. The number of amidine groups is 1. The SMILES string of the molecule is CCCN(CCc1ccc(OC)cc1)C(=O)C1=Cc2sc(CCCCCNC(=O)OC(C)(C)C)cc2N=C(N)C1. The molecule has 0 bridgehead atoms. The molecule has 0 atom stereocenters. The summed E-state index contributed by atoms with van der Waals surface area (Å²) in [6, 6.07) is 10.1. The minimum Gasteiger partial charge on any atom is -0.497 e. The normalized spacial score (nSPS) is 13.0. The number of hydrogen-bond donors (Lipinski definition) is 2. The second-order valence-corrected chi connectivity index (χ2v) is 12.2. The molecule has 1 aliphatic rings. The highest BCUT2D eigenvalue weighted by molar-refractivity contribution is 7.13. The van der Waals surface area contributed by atoms with Crippen LogP contribution in [0.5, 0.6) is 5.75 Å². The molecule has 1 aromatic heterocycles. The lowest BCUT2D eigenvalue weighted by atomic mass is 10.1. The van der Waals surface area contributed by atoms with Crippen LogP contribution < -0.4 is 15.8 Å². The third-order valence-electron chi connectivity index (χ3n) is 6.39. The van der Waals surface area contributed by atoms with E-state index in [0.29, 0.717) is 37.5 Å². The van der Waals surface area contributed by atoms with Crippen molar-refractivity contribution >= 4 is 40.9 Å². The van der Waals surface area contributed by atoms with E-state index in [0.717, 1.165) is 60.4 Å². The third-order valence-corrected chi connectivity index (χ3v) is 7.52. The first kappa shape index (κ1) is 31.2. The van der Waals surface area contributed by atoms with Crippen LogP contribution in [-0.2, 0) is 22.4 Å². The molecule has 0 aliphatic carbocycles. The van der Waals surface area contributed by atoms with Crippen LogP contribution in [0.25, 0.3) is 6.08 Å². The zero-order chi connectivity index (χ0) is 29.1. The number of nitrogens with two attached hydrogens (primary N) is 1. The number of benzene rings is 1. The summed E-state index contributed by atoms with van der Waals surface area (Å²) in [5.41, 5.74) is 8.46. The van der Waals surface area contributed by atoms with E-state index in [1.807, 2.05) is 56.0 Å². The Labute approximate surface area is 242 Å². The van der Waals surface area contributed by atoms with Crippen LogP contribution in [-0.4, -0.2) is 55.1 Å². The molecule has 2 amide bonds. The standard InChI is InChI=1S/C31H44N4O4S/c1-6-17-35(18-15-22-11-13-24(38-5)14-12-22)29(36)23-19-27-26(34-28(32)20-23)21-25(40-27)10-8-7-9-16-33-30(37)39-31(2,3)4/h11-14,19,21H,6-10,15-18,20H2,1-5H3,(H2,32,34)(H,33,37). The van der Waals surface area contributed by atoms with E-state index in [2.05, 4.69) is 23.3 Å². The molecule has 8 nitrogen and oxygen atoms in total. The van der Waals surface area contributed by atoms with Crippen LogP contribution >= 0.6 is 11.3 Å². The number of unbranched alkanes of at least 4 members (excludes halogenated alkanes) is 2. The lowest BCUT2D eigenvalue weighted by molar-refractivity contribution is -0.127. The van der Waals surface area contributed by atoms with Gasteiger partial charge in [-0.05, 0) is 82.7 Å². The first-order valence-corrected chi connectivity index (χ1v) is 14.9. The zero-order valence-corrected chi connectivity index (χ0v) is 25.4. The number of rotatable bonds is 13. The van der Waals surface area contributed by atoms with Crippen LogP contribution in [0.2, 0.25) is 0 Å². The Morgan fingerprint density at radius 2 is 1.85 bits per heavy atom. The molecule has 3 rings (SSSR count). The van der Waals surface area contributed by atoms with Gasteiger partial charge in [0.25, 0.3) is 0 Å². The van der Waals surface area contributed by atoms with Gasteiger partial charge in [0.15, 0.2) is 0 Å². The summed E-state index contributed by atoms with van der Waals surface area (Å²) < 4.78 is 10.5. The number of carbonyl (C=O) groups is 2. The monoisotopic (exact) mass is 568 g/mol. The number of hydrogen-bond acceptors (Lipinski definition) is 7. The predicted octanol–water partition coefficient (Wildman–Crippen LogP) is 6.25. The Morgan fingerprint density at radius 1 is 1.10 bits per heavy atom. The fourth-order valence-electron chi connectivity index (χ4n) is 4.45. The molecule has 0 saturated carbocycles. The maximum absolute atomic E-state index is 13.6. The largest absolute Gasteiger partial charge is 0.497 e. The molecule has 0 fully saturated rings. The van der Waals surface area contributed by atoms with Crippen molar-refractivity contribution in [2.75, 3.05) is 26.7 Å². The highest BCUT2D eigenvalue weighted by Crippen LogP contribution is 2.35. The van der Waals surface area contributed by atoms with Gasteiger partial charge in [0.05, 0.1) is 17.7 Å². The lowest BCUT2D eigenvalue weighted by Gasteiger charge is -2.23. The number of methoxy groups -OCH3 is 1. The second kappa shape index (κ2) is 14.9. The van der Waals surface area contributed by atoms with E-state index in [-0.39, 0.29) is 12.0 Å². The molecule has 2 heterocycles. The molecular weight excluding hydrogens is 524 g/mol. The van der Waals surface area contributed by atoms with Crippen LogP contribution in [0.1, 0.15) is 75.1 Å². The molecule has 2 aromatic rings. The molecule has 1 aromatic carbocycles. The molecule has 9 heteroatoms. The van der Waals surface area contributed by atoms with E-state index in [9.17, 15) is 9.59 Å². The van der Waals surface area contributed by atoms with Crippen LogP contribution in [0, 0.1) is 0 Å². The maximum Gasteiger partial charge on any atom is 0.407 e. The van der Waals surface area contributed by atoms with Gasteiger partial charge in [-0.15, -0.1) is 11.3 Å². The molecule has 1 aliphatic heterocycles. The zero-order valence-electron chi connectivity index (χ0n) is 24.5. The van der Waals surface area contributed by atoms with Crippen molar-refractivity contribution in [3.63, 3.8) is 0 Å². The van der Waals surface area contributed by atoms with Gasteiger partial charge in [0.1, 0.15) is 17.2 Å². The van der Waals surface area contributed by atoms with Crippen LogP contribution in [0.15, 0.2) is 40.9 Å². The lowest BCUT2D eigenvalue weighted by Crippen LogP contribution is -2.35. The molecule has 0 unspecified atom stereocenters. The molecule has 3 N–H and O–H groups in total. The van der Waals surface area contributed by atoms with Gasteiger partial charge in [0.2, 0.25) is 5.91 Å². The van der Waals surface area contributed by atoms with Crippen molar-refractivity contribution in [2.24, 2.45) is 10.7 Å². The number of thiophene rings is 1. The van der Waals surface area contributed by atoms with E-state index in [4.69, 9.17) is 15.2 Å². The third kappa shape index (κ3) is 10.0. The van der Waals surface area contributed by atoms with E-state index in [1.165, 1.54) is 4.88 Å². The van der Waals surface area contributed by atoms with E-state index < -0.39 is 5.60 Å². The van der Waals surface area contributed by atoms with Gasteiger partial charge in [-0.1, -0.05) is 25.5 Å². The molecule has 0 radical (unpaired) electrons. The van der Waals surface area contributed by atoms with Crippen molar-refractivity contribution in [2.45, 2.75) is 78.2 Å². The van der Waals surface area contributed by atoms with Gasteiger partial charge in [-0.2, -0.15) is 0 Å². The summed E-state index contributed by atoms with van der Waals surface area (Å²) in [6.45, 7) is 9.57. The Hall–Kier alpha value is -3.33. The van der Waals surface area contributed by atoms with Crippen LogP contribution in [0.3, 0.4) is 0 Å². The van der Waals surface area contributed by atoms with Gasteiger partial charge in [-0.25, -0.2) is 9.79 Å². The first-order valence-electron chi connectivity index (χ1n) is 14.1. The van der Waals surface area contributed by atoms with Crippen molar-refractivity contribution in [1.29, 1.82) is 0 Å². The summed E-state index contributed by atoms with van der Waals surface area (Å²) in [6.07, 6.45) is 7.40. The number of aliphatic imine (C=N–C) groups is 1. The average Bonchev–Trinajstić information content (AvgIpc) is 3.19. The quantitative estimate of drug-likeness (QED) is 0.278. The number of carbonyl (C=O) groups excluding carboxylic acids is 2. The average molecular weight is 569 g/mol. The molecular formula is C31H44N4O4S. The number of fused-ring (bicyclic) bond motifs is 1. The summed E-state index contributed by atoms with van der Waals surface area (Å²) >= 11 is 1.67. The smallest absolute Gasteiger partial charge is 0.407 e. The van der Waals surface area contributed by atoms with Crippen molar-refractivity contribution in [3.8, 4) is 5.75 Å². The summed E-state index contributed by atoms with van der Waals surface area (Å²) in [4.78, 5) is 34.1. The topological polar surface area (TPSA) is 106 Å². The summed E-state index contributed by atoms with van der Waals surface area (Å²) in [5.74, 6) is 1.31.